The Morgan fingerprint density at radius 2 is 1.91 bits per heavy atom. The number of ether oxygens (including phenoxy) is 1. The molecule has 0 aliphatic rings. The maximum Gasteiger partial charge on any atom is 0.226 e. The number of methoxy groups -OCH3 is 1. The van der Waals surface area contributed by atoms with Gasteiger partial charge in [0.2, 0.25) is 5.89 Å². The lowest BCUT2D eigenvalue weighted by Crippen LogP contribution is -2.02. The summed E-state index contributed by atoms with van der Waals surface area (Å²) in [6, 6.07) is 3.92. The number of hydrogen-bond donors (Lipinski definition) is 0. The number of aromatic nitrogens is 4. The lowest BCUT2D eigenvalue weighted by Gasteiger charge is -2.10. The van der Waals surface area contributed by atoms with Crippen molar-refractivity contribution in [2.24, 2.45) is 0 Å². The van der Waals surface area contributed by atoms with Crippen molar-refractivity contribution in [3.8, 4) is 17.2 Å². The molecule has 3 rings (SSSR count). The Hall–Kier alpha value is -2.63. The maximum absolute atomic E-state index is 5.88. The van der Waals surface area contributed by atoms with Crippen molar-refractivity contribution in [2.45, 2.75) is 34.2 Å². The van der Waals surface area contributed by atoms with Crippen LogP contribution in [0.3, 0.4) is 0 Å². The summed E-state index contributed by atoms with van der Waals surface area (Å²) in [6.07, 6.45) is 1.70. The molecular formula is C17H20N4O2. The van der Waals surface area contributed by atoms with Gasteiger partial charge in [-0.05, 0) is 51.0 Å². The number of nitrogens with zero attached hydrogens (tertiary/aromatic N) is 4. The van der Waals surface area contributed by atoms with Gasteiger partial charge in [-0.25, -0.2) is 14.6 Å². The lowest BCUT2D eigenvalue weighted by molar-refractivity contribution is 0.411. The van der Waals surface area contributed by atoms with E-state index in [9.17, 15) is 0 Å². The van der Waals surface area contributed by atoms with Crippen molar-refractivity contribution < 1.29 is 9.15 Å². The average Bonchev–Trinajstić information content (AvgIpc) is 3.09. The van der Waals surface area contributed by atoms with Gasteiger partial charge in [0.05, 0.1) is 13.7 Å². The molecule has 0 unspecified atom stereocenters. The monoisotopic (exact) mass is 312 g/mol. The first-order chi connectivity index (χ1) is 11.0. The molecule has 3 aromatic rings. The minimum Gasteiger partial charge on any atom is -0.496 e. The quantitative estimate of drug-likeness (QED) is 0.740. The molecule has 0 saturated carbocycles. The Morgan fingerprint density at radius 1 is 1.13 bits per heavy atom. The van der Waals surface area contributed by atoms with Gasteiger partial charge in [-0.15, -0.1) is 0 Å². The molecule has 6 nitrogen and oxygen atoms in total. The van der Waals surface area contributed by atoms with E-state index in [1.54, 1.807) is 18.1 Å². The van der Waals surface area contributed by atoms with Crippen LogP contribution >= 0.6 is 0 Å². The van der Waals surface area contributed by atoms with Crippen LogP contribution < -0.4 is 4.74 Å². The number of oxazole rings is 1. The third-order valence-electron chi connectivity index (χ3n) is 4.04. The van der Waals surface area contributed by atoms with E-state index < -0.39 is 0 Å². The molecule has 0 bridgehead atoms. The van der Waals surface area contributed by atoms with Gasteiger partial charge in [0, 0.05) is 5.56 Å². The molecule has 0 aliphatic heterocycles. The number of benzene rings is 1. The standard InChI is InChI=1S/C17H20N4O2/c1-10-11(2)16(22-5)7-6-14(10)17-19-15(12(3)23-17)8-21-9-18-13(4)20-21/h6-7,9H,8H2,1-5H3. The largest absolute Gasteiger partial charge is 0.496 e. The molecule has 6 heteroatoms. The van der Waals surface area contributed by atoms with Crippen LogP contribution in [0.1, 0.15) is 28.4 Å². The normalized spacial score (nSPS) is 11.0. The van der Waals surface area contributed by atoms with Gasteiger partial charge in [-0.1, -0.05) is 0 Å². The molecule has 23 heavy (non-hydrogen) atoms. The lowest BCUT2D eigenvalue weighted by atomic mass is 10.0. The predicted molar refractivity (Wildman–Crippen MR) is 86.6 cm³/mol. The maximum atomic E-state index is 5.88. The molecule has 0 spiro atoms. The highest BCUT2D eigenvalue weighted by Gasteiger charge is 2.16. The minimum absolute atomic E-state index is 0.546. The molecular weight excluding hydrogens is 292 g/mol. The molecule has 0 atom stereocenters. The highest BCUT2D eigenvalue weighted by atomic mass is 16.5. The first kappa shape index (κ1) is 15.3. The SMILES string of the molecule is COc1ccc(-c2nc(Cn3cnc(C)n3)c(C)o2)c(C)c1C. The van der Waals surface area contributed by atoms with Crippen LogP contribution in [0.2, 0.25) is 0 Å². The van der Waals surface area contributed by atoms with E-state index in [0.717, 1.165) is 39.7 Å². The van der Waals surface area contributed by atoms with Crippen molar-refractivity contribution in [1.82, 2.24) is 19.7 Å². The average molecular weight is 312 g/mol. The van der Waals surface area contributed by atoms with Crippen LogP contribution in [0.25, 0.3) is 11.5 Å². The molecule has 0 radical (unpaired) electrons. The van der Waals surface area contributed by atoms with Crippen molar-refractivity contribution in [3.63, 3.8) is 0 Å². The molecule has 0 fully saturated rings. The number of aryl methyl sites for hydroxylation is 2. The third-order valence-corrected chi connectivity index (χ3v) is 4.04. The fourth-order valence-electron chi connectivity index (χ4n) is 2.56. The van der Waals surface area contributed by atoms with Crippen molar-refractivity contribution in [1.29, 1.82) is 0 Å². The van der Waals surface area contributed by atoms with Gasteiger partial charge in [0.15, 0.2) is 0 Å². The molecule has 0 aliphatic carbocycles. The van der Waals surface area contributed by atoms with Crippen LogP contribution in [-0.2, 0) is 6.54 Å². The Bertz CT molecular complexity index is 848. The minimum atomic E-state index is 0.546. The molecule has 0 amide bonds. The zero-order valence-electron chi connectivity index (χ0n) is 14.0. The predicted octanol–water partition coefficient (Wildman–Crippen LogP) is 3.22. The summed E-state index contributed by atoms with van der Waals surface area (Å²) in [5.74, 6) is 3.03. The van der Waals surface area contributed by atoms with E-state index in [-0.39, 0.29) is 0 Å². The summed E-state index contributed by atoms with van der Waals surface area (Å²) < 4.78 is 13.0. The molecule has 0 N–H and O–H groups in total. The van der Waals surface area contributed by atoms with Crippen molar-refractivity contribution >= 4 is 0 Å². The first-order valence-electron chi connectivity index (χ1n) is 7.46. The summed E-state index contributed by atoms with van der Waals surface area (Å²) in [7, 11) is 1.68. The summed E-state index contributed by atoms with van der Waals surface area (Å²) in [6.45, 7) is 8.41. The van der Waals surface area contributed by atoms with Crippen LogP contribution in [0.4, 0.5) is 0 Å². The van der Waals surface area contributed by atoms with Crippen LogP contribution in [-0.4, -0.2) is 26.9 Å². The van der Waals surface area contributed by atoms with Gasteiger partial charge in [-0.2, -0.15) is 5.10 Å². The van der Waals surface area contributed by atoms with Gasteiger partial charge in [0.1, 0.15) is 29.4 Å². The van der Waals surface area contributed by atoms with Crippen molar-refractivity contribution in [2.75, 3.05) is 7.11 Å². The molecule has 120 valence electrons. The summed E-state index contributed by atoms with van der Waals surface area (Å²) in [5.41, 5.74) is 4.04. The Morgan fingerprint density at radius 3 is 2.57 bits per heavy atom. The molecule has 2 heterocycles. The van der Waals surface area contributed by atoms with Gasteiger partial charge >= 0.3 is 0 Å². The topological polar surface area (TPSA) is 66.0 Å². The fourth-order valence-corrected chi connectivity index (χ4v) is 2.56. The summed E-state index contributed by atoms with van der Waals surface area (Å²) in [4.78, 5) is 8.78. The highest BCUT2D eigenvalue weighted by molar-refractivity contribution is 5.63. The second-order valence-electron chi connectivity index (χ2n) is 5.58. The van der Waals surface area contributed by atoms with Crippen molar-refractivity contribution in [3.05, 3.63) is 46.9 Å². The summed E-state index contributed by atoms with van der Waals surface area (Å²) in [5, 5.41) is 4.29. The van der Waals surface area contributed by atoms with Crippen LogP contribution in [0, 0.1) is 27.7 Å². The summed E-state index contributed by atoms with van der Waals surface area (Å²) >= 11 is 0. The zero-order valence-corrected chi connectivity index (χ0v) is 14.0. The Kier molecular flexibility index (Phi) is 3.90. The number of hydrogen-bond acceptors (Lipinski definition) is 5. The van der Waals surface area contributed by atoms with E-state index in [4.69, 9.17) is 9.15 Å². The second-order valence-corrected chi connectivity index (χ2v) is 5.58. The van der Waals surface area contributed by atoms with E-state index in [1.165, 1.54) is 0 Å². The molecule has 2 aromatic heterocycles. The highest BCUT2D eigenvalue weighted by Crippen LogP contribution is 2.31. The second kappa shape index (κ2) is 5.87. The molecule has 0 saturated heterocycles. The fraction of sp³-hybridized carbons (Fsp3) is 0.353. The smallest absolute Gasteiger partial charge is 0.226 e. The first-order valence-corrected chi connectivity index (χ1v) is 7.46. The van der Waals surface area contributed by atoms with Gasteiger partial charge < -0.3 is 9.15 Å². The van der Waals surface area contributed by atoms with E-state index in [1.807, 2.05) is 39.8 Å². The van der Waals surface area contributed by atoms with E-state index in [0.29, 0.717) is 12.4 Å². The molecule has 1 aromatic carbocycles. The Balaban J connectivity index is 1.96. The number of rotatable bonds is 4. The van der Waals surface area contributed by atoms with E-state index in [2.05, 4.69) is 15.1 Å². The van der Waals surface area contributed by atoms with Gasteiger partial charge in [-0.3, -0.25) is 0 Å². The van der Waals surface area contributed by atoms with Crippen LogP contribution in [0.15, 0.2) is 22.9 Å². The Labute approximate surface area is 135 Å². The third kappa shape index (κ3) is 2.84. The zero-order chi connectivity index (χ0) is 16.6. The van der Waals surface area contributed by atoms with E-state index >= 15 is 0 Å². The van der Waals surface area contributed by atoms with Crippen LogP contribution in [0.5, 0.6) is 5.75 Å². The van der Waals surface area contributed by atoms with Gasteiger partial charge in [0.25, 0.3) is 0 Å².